The van der Waals surface area contributed by atoms with Crippen molar-refractivity contribution in [2.24, 2.45) is 5.73 Å². The maximum atomic E-state index is 13.2. The summed E-state index contributed by atoms with van der Waals surface area (Å²) in [6.45, 7) is 0.813. The number of halogens is 2. The number of piperidine rings is 1. The first-order valence-electron chi connectivity index (χ1n) is 6.55. The van der Waals surface area contributed by atoms with Crippen molar-refractivity contribution in [2.45, 2.75) is 25.0 Å². The van der Waals surface area contributed by atoms with E-state index in [4.69, 9.17) is 10.5 Å². The van der Waals surface area contributed by atoms with Crippen LogP contribution in [0.25, 0.3) is 0 Å². The number of carbonyl (C=O) groups excluding carboxylic acids is 1. The second-order valence-electron chi connectivity index (χ2n) is 4.90. The minimum atomic E-state index is -1.02. The predicted octanol–water partition coefficient (Wildman–Crippen LogP) is 1.54. The monoisotopic (exact) mass is 284 g/mol. The van der Waals surface area contributed by atoms with E-state index in [0.29, 0.717) is 25.9 Å². The standard InChI is InChI=1S/C14H18F2N2O2/c1-20-11-4-5-18(10(7-11)8-17)14(19)9-2-3-12(15)13(16)6-9/h2-3,6,10-11H,4-5,7-8,17H2,1H3. The van der Waals surface area contributed by atoms with Crippen LogP contribution in [0.4, 0.5) is 8.78 Å². The third kappa shape index (κ3) is 2.96. The van der Waals surface area contributed by atoms with Gasteiger partial charge in [-0.3, -0.25) is 4.79 Å². The number of methoxy groups -OCH3 is 1. The van der Waals surface area contributed by atoms with Crippen LogP contribution in [-0.2, 0) is 4.74 Å². The maximum absolute atomic E-state index is 13.2. The number of nitrogens with two attached hydrogens (primary N) is 1. The molecule has 0 bridgehead atoms. The van der Waals surface area contributed by atoms with Crippen LogP contribution < -0.4 is 5.73 Å². The van der Waals surface area contributed by atoms with Crippen LogP contribution >= 0.6 is 0 Å². The van der Waals surface area contributed by atoms with Crippen LogP contribution in [0.5, 0.6) is 0 Å². The molecule has 0 radical (unpaired) electrons. The zero-order valence-corrected chi connectivity index (χ0v) is 11.3. The third-order valence-corrected chi connectivity index (χ3v) is 3.70. The van der Waals surface area contributed by atoms with Gasteiger partial charge in [-0.15, -0.1) is 0 Å². The van der Waals surface area contributed by atoms with E-state index in [1.54, 1.807) is 12.0 Å². The molecule has 1 fully saturated rings. The van der Waals surface area contributed by atoms with Gasteiger partial charge in [0, 0.05) is 31.8 Å². The van der Waals surface area contributed by atoms with Crippen molar-refractivity contribution in [3.8, 4) is 0 Å². The molecule has 1 heterocycles. The number of amides is 1. The fraction of sp³-hybridized carbons (Fsp3) is 0.500. The topological polar surface area (TPSA) is 55.6 Å². The van der Waals surface area contributed by atoms with Crippen LogP contribution in [0.15, 0.2) is 18.2 Å². The van der Waals surface area contributed by atoms with Gasteiger partial charge in [-0.05, 0) is 31.0 Å². The molecule has 2 unspecified atom stereocenters. The van der Waals surface area contributed by atoms with Crippen LogP contribution in [0.3, 0.4) is 0 Å². The Labute approximate surface area is 116 Å². The number of rotatable bonds is 3. The van der Waals surface area contributed by atoms with Gasteiger partial charge in [0.2, 0.25) is 0 Å². The first kappa shape index (κ1) is 14.9. The summed E-state index contributed by atoms with van der Waals surface area (Å²) in [6.07, 6.45) is 1.45. The van der Waals surface area contributed by atoms with Crippen LogP contribution in [0.2, 0.25) is 0 Å². The zero-order valence-electron chi connectivity index (χ0n) is 11.3. The maximum Gasteiger partial charge on any atom is 0.254 e. The van der Waals surface area contributed by atoms with Gasteiger partial charge in [0.15, 0.2) is 11.6 Å². The highest BCUT2D eigenvalue weighted by atomic mass is 19.2. The quantitative estimate of drug-likeness (QED) is 0.916. The molecule has 110 valence electrons. The summed E-state index contributed by atoms with van der Waals surface area (Å²) >= 11 is 0. The molecule has 6 heteroatoms. The minimum absolute atomic E-state index is 0.0811. The molecular formula is C14H18F2N2O2. The van der Waals surface area contributed by atoms with E-state index in [0.717, 1.165) is 12.1 Å². The van der Waals surface area contributed by atoms with Crippen LogP contribution in [-0.4, -0.2) is 43.2 Å². The second-order valence-corrected chi connectivity index (χ2v) is 4.90. The van der Waals surface area contributed by atoms with E-state index in [2.05, 4.69) is 0 Å². The average molecular weight is 284 g/mol. The molecule has 0 saturated carbocycles. The van der Waals surface area contributed by atoms with Crippen molar-refractivity contribution in [2.75, 3.05) is 20.2 Å². The van der Waals surface area contributed by atoms with Gasteiger partial charge < -0.3 is 15.4 Å². The van der Waals surface area contributed by atoms with Gasteiger partial charge in [-0.2, -0.15) is 0 Å². The average Bonchev–Trinajstić information content (AvgIpc) is 2.48. The highest BCUT2D eigenvalue weighted by Crippen LogP contribution is 2.22. The van der Waals surface area contributed by atoms with E-state index < -0.39 is 11.6 Å². The summed E-state index contributed by atoms with van der Waals surface area (Å²) in [6, 6.07) is 3.03. The summed E-state index contributed by atoms with van der Waals surface area (Å²) < 4.78 is 31.4. The van der Waals surface area contributed by atoms with Gasteiger partial charge in [-0.25, -0.2) is 8.78 Å². The molecule has 0 spiro atoms. The lowest BCUT2D eigenvalue weighted by molar-refractivity contribution is 0.0139. The Morgan fingerprint density at radius 3 is 2.80 bits per heavy atom. The summed E-state index contributed by atoms with van der Waals surface area (Å²) in [4.78, 5) is 14.0. The Kier molecular flexibility index (Phi) is 4.67. The Balaban J connectivity index is 2.17. The number of benzene rings is 1. The lowest BCUT2D eigenvalue weighted by Gasteiger charge is -2.38. The van der Waals surface area contributed by atoms with Gasteiger partial charge in [0.1, 0.15) is 0 Å². The van der Waals surface area contributed by atoms with Crippen LogP contribution in [0.1, 0.15) is 23.2 Å². The molecule has 2 rings (SSSR count). The lowest BCUT2D eigenvalue weighted by atomic mass is 9.98. The summed E-state index contributed by atoms with van der Waals surface area (Å²) in [5, 5.41) is 0. The van der Waals surface area contributed by atoms with Crippen molar-refractivity contribution >= 4 is 5.91 Å². The molecule has 1 aliphatic heterocycles. The van der Waals surface area contributed by atoms with E-state index >= 15 is 0 Å². The number of hydrogen-bond acceptors (Lipinski definition) is 3. The molecule has 1 amide bonds. The highest BCUT2D eigenvalue weighted by Gasteiger charge is 2.31. The van der Waals surface area contributed by atoms with Crippen molar-refractivity contribution in [1.82, 2.24) is 4.90 Å². The van der Waals surface area contributed by atoms with Crippen molar-refractivity contribution in [1.29, 1.82) is 0 Å². The SMILES string of the molecule is COC1CCN(C(=O)c2ccc(F)c(F)c2)C(CN)C1. The molecule has 0 aliphatic carbocycles. The largest absolute Gasteiger partial charge is 0.381 e. The van der Waals surface area contributed by atoms with Gasteiger partial charge in [0.05, 0.1) is 6.10 Å². The molecular weight excluding hydrogens is 266 g/mol. The number of nitrogens with zero attached hydrogens (tertiary/aromatic N) is 1. The summed E-state index contributed by atoms with van der Waals surface area (Å²) in [5.74, 6) is -2.31. The van der Waals surface area contributed by atoms with Crippen molar-refractivity contribution < 1.29 is 18.3 Å². The van der Waals surface area contributed by atoms with E-state index in [1.807, 2.05) is 0 Å². The first-order chi connectivity index (χ1) is 9.56. The fourth-order valence-corrected chi connectivity index (χ4v) is 2.51. The zero-order chi connectivity index (χ0) is 14.7. The number of likely N-dealkylation sites (tertiary alicyclic amines) is 1. The van der Waals surface area contributed by atoms with Gasteiger partial charge in [0.25, 0.3) is 5.91 Å². The normalized spacial score (nSPS) is 22.9. The smallest absolute Gasteiger partial charge is 0.254 e. The Morgan fingerprint density at radius 1 is 1.45 bits per heavy atom. The Morgan fingerprint density at radius 2 is 2.20 bits per heavy atom. The van der Waals surface area contributed by atoms with E-state index in [-0.39, 0.29) is 23.6 Å². The molecule has 0 aromatic heterocycles. The van der Waals surface area contributed by atoms with Crippen molar-refractivity contribution in [3.63, 3.8) is 0 Å². The van der Waals surface area contributed by atoms with E-state index in [1.165, 1.54) is 6.07 Å². The number of hydrogen-bond donors (Lipinski definition) is 1. The number of ether oxygens (including phenoxy) is 1. The molecule has 1 aliphatic rings. The second kappa shape index (κ2) is 6.28. The third-order valence-electron chi connectivity index (χ3n) is 3.70. The Bertz CT molecular complexity index is 496. The minimum Gasteiger partial charge on any atom is -0.381 e. The lowest BCUT2D eigenvalue weighted by Crippen LogP contribution is -2.51. The molecule has 1 aromatic rings. The number of carbonyl (C=O) groups is 1. The van der Waals surface area contributed by atoms with Gasteiger partial charge in [-0.1, -0.05) is 0 Å². The molecule has 2 N–H and O–H groups in total. The molecule has 2 atom stereocenters. The van der Waals surface area contributed by atoms with Crippen LogP contribution in [0, 0.1) is 11.6 Å². The van der Waals surface area contributed by atoms with E-state index in [9.17, 15) is 13.6 Å². The predicted molar refractivity (Wildman–Crippen MR) is 70.3 cm³/mol. The summed E-state index contributed by atoms with van der Waals surface area (Å²) in [7, 11) is 1.63. The molecule has 1 aromatic carbocycles. The molecule has 1 saturated heterocycles. The summed E-state index contributed by atoms with van der Waals surface area (Å²) in [5.41, 5.74) is 5.83. The highest BCUT2D eigenvalue weighted by molar-refractivity contribution is 5.94. The first-order valence-corrected chi connectivity index (χ1v) is 6.55. The van der Waals surface area contributed by atoms with Crippen molar-refractivity contribution in [3.05, 3.63) is 35.4 Å². The van der Waals surface area contributed by atoms with Gasteiger partial charge >= 0.3 is 0 Å². The Hall–Kier alpha value is -1.53. The fourth-order valence-electron chi connectivity index (χ4n) is 2.51. The molecule has 20 heavy (non-hydrogen) atoms. The molecule has 4 nitrogen and oxygen atoms in total.